The lowest BCUT2D eigenvalue weighted by molar-refractivity contribution is -0.0490. The highest BCUT2D eigenvalue weighted by atomic mass is 79.9. The van der Waals surface area contributed by atoms with Crippen LogP contribution >= 0.6 is 52.6 Å². The number of rotatable bonds is 5. The van der Waals surface area contributed by atoms with Crippen LogP contribution in [0.1, 0.15) is 94.0 Å². The molecule has 0 amide bonds. The van der Waals surface area contributed by atoms with E-state index in [1.165, 1.54) is 59.8 Å². The minimum atomic E-state index is -1.52. The molecule has 0 saturated carbocycles. The highest BCUT2D eigenvalue weighted by Gasteiger charge is 2.53. The third-order valence-corrected chi connectivity index (χ3v) is 12.7. The van der Waals surface area contributed by atoms with Crippen molar-refractivity contribution in [3.05, 3.63) is 82.2 Å². The molecule has 3 aromatic heterocycles. The number of nitrogens with one attached hydrogen (secondary N) is 4. The van der Waals surface area contributed by atoms with E-state index in [2.05, 4.69) is 48.1 Å². The van der Waals surface area contributed by atoms with E-state index in [0.717, 1.165) is 19.3 Å². The number of nitrogens with zero attached hydrogens (tertiary/aromatic N) is 2. The number of hydrogen-bond acceptors (Lipinski definition) is 9. The Labute approximate surface area is 341 Å². The minimum Gasteiger partial charge on any atom is -0.360 e. The first kappa shape index (κ1) is 46.8. The number of ether oxygens (including phenoxy) is 3. The van der Waals surface area contributed by atoms with Crippen molar-refractivity contribution in [1.82, 2.24) is 29.1 Å². The molecule has 6 heterocycles. The van der Waals surface area contributed by atoms with Crippen LogP contribution in [0.25, 0.3) is 0 Å². The van der Waals surface area contributed by atoms with E-state index < -0.39 is 34.5 Å². The second kappa shape index (κ2) is 19.3. The summed E-state index contributed by atoms with van der Waals surface area (Å²) < 4.78 is 63.8. The molecule has 3 aliphatic rings. The Bertz CT molecular complexity index is 1960. The van der Waals surface area contributed by atoms with Crippen LogP contribution in [0.4, 0.5) is 13.2 Å². The molecule has 4 N–H and O–H groups in total. The first-order valence-corrected chi connectivity index (χ1v) is 20.3. The topological polar surface area (TPSA) is 152 Å². The van der Waals surface area contributed by atoms with Crippen molar-refractivity contribution in [3.8, 4) is 0 Å². The second-order valence-corrected chi connectivity index (χ2v) is 16.4. The summed E-state index contributed by atoms with van der Waals surface area (Å²) in [6, 6.07) is 4.01. The van der Waals surface area contributed by atoms with Crippen LogP contribution < -0.4 is 16.7 Å². The molecule has 308 valence electrons. The van der Waals surface area contributed by atoms with Gasteiger partial charge in [-0.2, -0.15) is 0 Å². The Morgan fingerprint density at radius 2 is 1.02 bits per heavy atom. The number of H-pyrrole nitrogens is 4. The zero-order valence-corrected chi connectivity index (χ0v) is 36.4. The van der Waals surface area contributed by atoms with Gasteiger partial charge in [-0.05, 0) is 76.7 Å². The summed E-state index contributed by atoms with van der Waals surface area (Å²) >= 11 is 17.9. The molecule has 0 aromatic carbocycles. The molecular weight excluding hydrogens is 846 g/mol. The van der Waals surface area contributed by atoms with Crippen LogP contribution in [-0.2, 0) is 14.2 Å². The zero-order valence-electron chi connectivity index (χ0n) is 32.4. The van der Waals surface area contributed by atoms with E-state index in [9.17, 15) is 27.6 Å². The summed E-state index contributed by atoms with van der Waals surface area (Å²) in [6.45, 7) is 16.1. The lowest BCUT2D eigenvalue weighted by Crippen LogP contribution is -2.34. The van der Waals surface area contributed by atoms with Gasteiger partial charge in [0.15, 0.2) is 38.1 Å². The predicted molar refractivity (Wildman–Crippen MR) is 216 cm³/mol. The number of halogens is 4. The van der Waals surface area contributed by atoms with Gasteiger partial charge < -0.3 is 19.2 Å². The Kier molecular flexibility index (Phi) is 16.4. The largest absolute Gasteiger partial charge is 0.360 e. The third-order valence-electron chi connectivity index (χ3n) is 10.8. The van der Waals surface area contributed by atoms with E-state index in [1.54, 1.807) is 6.92 Å². The van der Waals surface area contributed by atoms with Crippen molar-refractivity contribution < 1.29 is 27.4 Å². The smallest absolute Gasteiger partial charge is 0.251 e. The monoisotopic (exact) mass is 896 g/mol. The molecule has 3 saturated heterocycles. The fourth-order valence-corrected chi connectivity index (χ4v) is 7.99. The van der Waals surface area contributed by atoms with Gasteiger partial charge in [0.05, 0.1) is 18.3 Å². The maximum atomic E-state index is 14.8. The zero-order chi connectivity index (χ0) is 41.6. The molecule has 19 heteroatoms. The van der Waals surface area contributed by atoms with E-state index in [0.29, 0.717) is 4.77 Å². The maximum Gasteiger partial charge on any atom is 0.251 e. The highest BCUT2D eigenvalue weighted by molar-refractivity contribution is 9.09. The van der Waals surface area contributed by atoms with Gasteiger partial charge in [-0.25, -0.2) is 13.2 Å². The minimum absolute atomic E-state index is 0.0168. The molecule has 6 unspecified atom stereocenters. The predicted octanol–water partition coefficient (Wildman–Crippen LogP) is 8.47. The number of aromatic amines is 4. The van der Waals surface area contributed by atoms with Crippen LogP contribution in [0, 0.1) is 32.1 Å². The lowest BCUT2D eigenvalue weighted by Gasteiger charge is -2.26. The molecule has 55 heavy (non-hydrogen) atoms. The van der Waals surface area contributed by atoms with Crippen molar-refractivity contribution >= 4 is 52.6 Å². The van der Waals surface area contributed by atoms with E-state index in [-0.39, 0.29) is 62.3 Å². The Hall–Kier alpha value is -2.55. The lowest BCUT2D eigenvalue weighted by atomic mass is 9.88. The van der Waals surface area contributed by atoms with Crippen LogP contribution in [0.3, 0.4) is 0 Å². The van der Waals surface area contributed by atoms with E-state index in [1.807, 2.05) is 41.5 Å². The molecule has 0 aliphatic carbocycles. The molecule has 0 bridgehead atoms. The highest BCUT2D eigenvalue weighted by Crippen LogP contribution is 2.47. The molecule has 0 spiro atoms. The molecule has 12 atom stereocenters. The number of aromatic nitrogens is 6. The summed E-state index contributed by atoms with van der Waals surface area (Å²) in [5, 5.41) is -0.435. The van der Waals surface area contributed by atoms with Crippen molar-refractivity contribution in [2.24, 2.45) is 17.8 Å². The van der Waals surface area contributed by atoms with Crippen LogP contribution in [0.2, 0.25) is 0 Å². The maximum absolute atomic E-state index is 14.8. The number of alkyl halides is 4. The normalized spacial score (nSPS) is 35.1. The summed E-state index contributed by atoms with van der Waals surface area (Å²) in [5.74, 6) is -0.459. The first-order valence-electron chi connectivity index (χ1n) is 18.1. The molecule has 0 radical (unpaired) electrons. The molecule has 6 rings (SSSR count). The van der Waals surface area contributed by atoms with Gasteiger partial charge in [0, 0.05) is 54.5 Å². The van der Waals surface area contributed by atoms with Crippen molar-refractivity contribution in [3.63, 3.8) is 0 Å². The quantitative estimate of drug-likeness (QED) is 0.146. The van der Waals surface area contributed by atoms with E-state index in [4.69, 9.17) is 38.6 Å². The van der Waals surface area contributed by atoms with Gasteiger partial charge in [-0.3, -0.25) is 38.5 Å². The molecule has 3 fully saturated rings. The fraction of sp³-hybridized carbons (Fsp3) is 0.667. The second-order valence-electron chi connectivity index (χ2n) is 14.4. The summed E-state index contributed by atoms with van der Waals surface area (Å²) in [7, 11) is 0. The van der Waals surface area contributed by atoms with Gasteiger partial charge in [0.25, 0.3) is 16.7 Å². The summed E-state index contributed by atoms with van der Waals surface area (Å²) in [6.07, 6.45) is 5.03. The van der Waals surface area contributed by atoms with Gasteiger partial charge in [-0.15, -0.1) is 0 Å². The Balaban J connectivity index is 0.000000206. The molecule has 3 aromatic rings. The summed E-state index contributed by atoms with van der Waals surface area (Å²) in [4.78, 5) is 42.6. The molecule has 3 aliphatic heterocycles. The average Bonchev–Trinajstić information content (AvgIpc) is 3.57. The van der Waals surface area contributed by atoms with Crippen LogP contribution in [-0.4, -0.2) is 69.4 Å². The van der Waals surface area contributed by atoms with Crippen molar-refractivity contribution in [1.29, 1.82) is 0 Å². The fourth-order valence-electron chi connectivity index (χ4n) is 6.62. The number of hydrogen-bond donors (Lipinski definition) is 4. The standard InChI is InChI=1S/2C12H17FN2O2S.C8H14BrFO.C4H4N2OS/c2*1-4-8-7(2)12(3,13)10(17-8)15-6-5-9(16)14-11(15)18;1-4-6-5(2)8(3,10)7(9)11-6;7-3-1-2-5-4(8)6-3/h2*5-8,10H,4H2,1-3H3,(H,14,16,18);5-7H,4H2,1-3H3;1-2H,(H2,5,6,7,8)/t7-,8+,10+,12?;;5-,6+,7+,8?;/m0.0./s1. The third kappa shape index (κ3) is 10.9. The van der Waals surface area contributed by atoms with Crippen molar-refractivity contribution in [2.45, 2.75) is 134 Å². The first-order chi connectivity index (χ1) is 25.5. The van der Waals surface area contributed by atoms with Crippen LogP contribution in [0.5, 0.6) is 0 Å². The van der Waals surface area contributed by atoms with Crippen LogP contribution in [0.15, 0.2) is 51.2 Å². The Morgan fingerprint density at radius 1 is 0.655 bits per heavy atom. The van der Waals surface area contributed by atoms with Gasteiger partial charge in [0.1, 0.15) is 10.7 Å². The SMILES string of the molecule is CCC1OC(n2ccc(=O)[nH]c2=S)C(C)(F)C1C.CC[C@H]1O[C@@H](Br)C(C)(F)[C@H]1C.CC[C@H]1O[C@@H](n2ccc(=O)[nH]c2=S)C(C)(F)[C@H]1C.O=c1cc[nH]c(=S)[nH]1. The summed E-state index contributed by atoms with van der Waals surface area (Å²) in [5.41, 5.74) is -5.02. The van der Waals surface area contributed by atoms with Gasteiger partial charge in [0.2, 0.25) is 0 Å². The van der Waals surface area contributed by atoms with E-state index >= 15 is 0 Å². The van der Waals surface area contributed by atoms with Gasteiger partial charge in [-0.1, -0.05) is 57.5 Å². The Morgan fingerprint density at radius 3 is 1.27 bits per heavy atom. The average molecular weight is 898 g/mol. The van der Waals surface area contributed by atoms with Gasteiger partial charge >= 0.3 is 0 Å². The molecular formula is C36H52BrF3N6O6S3. The molecule has 12 nitrogen and oxygen atoms in total. The van der Waals surface area contributed by atoms with Crippen molar-refractivity contribution in [2.75, 3.05) is 0 Å².